The fourth-order valence-electron chi connectivity index (χ4n) is 4.83. The zero-order valence-electron chi connectivity index (χ0n) is 26.3. The van der Waals surface area contributed by atoms with Gasteiger partial charge < -0.3 is 14.0 Å². The molecule has 0 saturated heterocycles. The monoisotopic (exact) mass is 598 g/mol. The van der Waals surface area contributed by atoms with Crippen LogP contribution in [0.25, 0.3) is 0 Å². The second-order valence-electron chi connectivity index (χ2n) is 13.1. The van der Waals surface area contributed by atoms with Crippen LogP contribution in [0.3, 0.4) is 0 Å². The molecule has 0 aliphatic heterocycles. The number of thioether (sulfide) groups is 1. The number of aliphatic carboxylic acids is 1. The highest BCUT2D eigenvalue weighted by atomic mass is 32.2. The summed E-state index contributed by atoms with van der Waals surface area (Å²) in [5, 5.41) is 9.18. The first-order chi connectivity index (χ1) is 18.3. The number of unbranched alkanes of at least 4 members (excludes halogenated alkanes) is 3. The van der Waals surface area contributed by atoms with Crippen molar-refractivity contribution in [2.24, 2.45) is 11.8 Å². The number of hydrogen-bond donors (Lipinski definition) is 1. The van der Waals surface area contributed by atoms with E-state index in [1.165, 1.54) is 30.6 Å². The number of esters is 1. The van der Waals surface area contributed by atoms with Crippen molar-refractivity contribution in [1.29, 1.82) is 0 Å². The molecule has 0 aromatic carbocycles. The summed E-state index contributed by atoms with van der Waals surface area (Å²) in [6.07, 6.45) is 15.7. The standard InChI is InChI=1S/C31H58O5SSi2/c1-9-11-16-24(3)23-26(39(7,8)36-38-31(4,5)6)20-18-25-19-21-27(35-29(34)15-10-2)30(25)37-22-14-12-13-17-28(32)33/h18,20,24-26H,9-17,19,21-23,38H2,1-8H3,(H,32,33)/b20-18+/t24-,25+,26-/m1/s1. The minimum absolute atomic E-state index is 0.131. The third-order valence-electron chi connectivity index (χ3n) is 7.33. The molecule has 0 aromatic heterocycles. The Hall–Kier alpha value is -0.836. The Morgan fingerprint density at radius 1 is 1.13 bits per heavy atom. The lowest BCUT2D eigenvalue weighted by Gasteiger charge is -2.35. The van der Waals surface area contributed by atoms with Crippen LogP contribution in [-0.2, 0) is 18.4 Å². The van der Waals surface area contributed by atoms with E-state index in [0.29, 0.717) is 24.3 Å². The number of carbonyl (C=O) groups excluding carboxylic acids is 1. The molecule has 1 N–H and O–H groups in total. The van der Waals surface area contributed by atoms with Crippen LogP contribution in [0.2, 0.25) is 23.7 Å². The third kappa shape index (κ3) is 15.7. The molecule has 1 rings (SSSR count). The Morgan fingerprint density at radius 2 is 1.85 bits per heavy atom. The van der Waals surface area contributed by atoms with E-state index in [9.17, 15) is 9.59 Å². The van der Waals surface area contributed by atoms with Crippen LogP contribution in [0.15, 0.2) is 22.8 Å². The van der Waals surface area contributed by atoms with Gasteiger partial charge in [0.1, 0.15) is 5.76 Å². The number of rotatable bonds is 20. The molecular formula is C31H58O5SSi2. The zero-order chi connectivity index (χ0) is 29.5. The van der Waals surface area contributed by atoms with Crippen molar-refractivity contribution in [3.63, 3.8) is 0 Å². The lowest BCUT2D eigenvalue weighted by atomic mass is 9.98. The average Bonchev–Trinajstić information content (AvgIpc) is 3.21. The number of allylic oxidation sites excluding steroid dienone is 4. The van der Waals surface area contributed by atoms with Crippen LogP contribution in [0.5, 0.6) is 0 Å². The van der Waals surface area contributed by atoms with Gasteiger partial charge in [-0.1, -0.05) is 79.4 Å². The minimum Gasteiger partial charge on any atom is -0.481 e. The quantitative estimate of drug-likeness (QED) is 0.0652. The van der Waals surface area contributed by atoms with E-state index in [1.807, 2.05) is 18.7 Å². The predicted octanol–water partition coefficient (Wildman–Crippen LogP) is 9.00. The average molecular weight is 599 g/mol. The second-order valence-corrected chi connectivity index (χ2v) is 21.8. The maximum Gasteiger partial charge on any atom is 0.310 e. The van der Waals surface area contributed by atoms with E-state index in [4.69, 9.17) is 14.0 Å². The fourth-order valence-corrected chi connectivity index (χ4v) is 11.7. The molecule has 0 radical (unpaired) electrons. The largest absolute Gasteiger partial charge is 0.481 e. The summed E-state index contributed by atoms with van der Waals surface area (Å²) in [5.41, 5.74) is 0.466. The number of hydrogen-bond acceptors (Lipinski definition) is 5. The third-order valence-corrected chi connectivity index (χ3v) is 15.3. The summed E-state index contributed by atoms with van der Waals surface area (Å²) in [4.78, 5) is 24.4. The van der Waals surface area contributed by atoms with E-state index in [2.05, 4.69) is 59.9 Å². The molecule has 1 aliphatic carbocycles. The highest BCUT2D eigenvalue weighted by Crippen LogP contribution is 2.43. The Balaban J connectivity index is 3.07. The second kappa shape index (κ2) is 18.6. The van der Waals surface area contributed by atoms with Crippen molar-refractivity contribution < 1.29 is 23.5 Å². The molecule has 226 valence electrons. The zero-order valence-corrected chi connectivity index (χ0v) is 29.5. The molecule has 0 saturated carbocycles. The molecule has 39 heavy (non-hydrogen) atoms. The lowest BCUT2D eigenvalue weighted by molar-refractivity contribution is -0.140. The summed E-state index contributed by atoms with van der Waals surface area (Å²) in [6.45, 7) is 18.4. The first-order valence-corrected chi connectivity index (χ1v) is 20.6. The van der Waals surface area contributed by atoms with E-state index in [1.54, 1.807) is 0 Å². The van der Waals surface area contributed by atoms with Crippen molar-refractivity contribution in [3.8, 4) is 0 Å². The molecule has 3 atom stereocenters. The van der Waals surface area contributed by atoms with E-state index in [0.717, 1.165) is 43.6 Å². The predicted molar refractivity (Wildman–Crippen MR) is 172 cm³/mol. The highest BCUT2D eigenvalue weighted by Gasteiger charge is 2.35. The molecular weight excluding hydrogens is 541 g/mol. The fraction of sp³-hybridized carbons (Fsp3) is 0.806. The SMILES string of the molecule is CCCC[C@@H](C)C[C@@H](/C=C/[C@H]1CCC(OC(=O)CCC)=C1SCCCCCC(=O)O)[Si](C)(C)O[SiH2]C(C)(C)C. The molecule has 0 unspecified atom stereocenters. The maximum atomic E-state index is 12.3. The molecule has 0 bridgehead atoms. The van der Waals surface area contributed by atoms with Gasteiger partial charge in [-0.25, -0.2) is 0 Å². The molecule has 8 heteroatoms. The van der Waals surface area contributed by atoms with Crippen LogP contribution >= 0.6 is 11.8 Å². The normalized spacial score (nSPS) is 18.4. The van der Waals surface area contributed by atoms with Gasteiger partial charge in [0.2, 0.25) is 0 Å². The molecule has 0 spiro atoms. The molecule has 1 aliphatic rings. The topological polar surface area (TPSA) is 72.8 Å². The molecule has 0 heterocycles. The minimum atomic E-state index is -1.92. The van der Waals surface area contributed by atoms with Gasteiger partial charge in [-0.15, -0.1) is 11.8 Å². The van der Waals surface area contributed by atoms with Crippen molar-refractivity contribution in [3.05, 3.63) is 22.8 Å². The van der Waals surface area contributed by atoms with E-state index < -0.39 is 24.0 Å². The molecule has 0 fully saturated rings. The smallest absolute Gasteiger partial charge is 0.310 e. The van der Waals surface area contributed by atoms with Crippen LogP contribution < -0.4 is 0 Å². The van der Waals surface area contributed by atoms with Gasteiger partial charge in [0.15, 0.2) is 18.1 Å². The number of carboxylic acid groups (broad SMARTS) is 1. The van der Waals surface area contributed by atoms with Gasteiger partial charge in [-0.05, 0) is 67.4 Å². The van der Waals surface area contributed by atoms with E-state index >= 15 is 0 Å². The Morgan fingerprint density at radius 3 is 2.46 bits per heavy atom. The first kappa shape index (κ1) is 36.2. The van der Waals surface area contributed by atoms with Gasteiger partial charge >= 0.3 is 11.9 Å². The Kier molecular flexibility index (Phi) is 17.2. The Bertz CT molecular complexity index is 803. The van der Waals surface area contributed by atoms with Crippen LogP contribution in [0.1, 0.15) is 119 Å². The van der Waals surface area contributed by atoms with Crippen molar-refractivity contribution in [2.75, 3.05) is 5.75 Å². The maximum absolute atomic E-state index is 12.3. The number of ether oxygens (including phenoxy) is 1. The number of carboxylic acids is 1. The van der Waals surface area contributed by atoms with Crippen molar-refractivity contribution in [1.82, 2.24) is 0 Å². The van der Waals surface area contributed by atoms with Gasteiger partial charge in [0.25, 0.3) is 0 Å². The van der Waals surface area contributed by atoms with Gasteiger partial charge in [0.05, 0.1) is 0 Å². The number of carbonyl (C=O) groups is 2. The van der Waals surface area contributed by atoms with Gasteiger partial charge in [-0.2, -0.15) is 0 Å². The molecule has 0 aromatic rings. The van der Waals surface area contributed by atoms with Crippen LogP contribution in [0, 0.1) is 11.8 Å². The van der Waals surface area contributed by atoms with Crippen molar-refractivity contribution >= 4 is 41.8 Å². The van der Waals surface area contributed by atoms with E-state index in [-0.39, 0.29) is 23.3 Å². The first-order valence-electron chi connectivity index (χ1n) is 15.4. The van der Waals surface area contributed by atoms with Crippen LogP contribution in [-0.4, -0.2) is 40.9 Å². The Labute approximate surface area is 247 Å². The summed E-state index contributed by atoms with van der Waals surface area (Å²) in [6, 6.07) is 0. The summed E-state index contributed by atoms with van der Waals surface area (Å²) < 4.78 is 12.7. The summed E-state index contributed by atoms with van der Waals surface area (Å²) >= 11 is 1.81. The lowest BCUT2D eigenvalue weighted by Crippen LogP contribution is -2.39. The van der Waals surface area contributed by atoms with Crippen LogP contribution in [0.4, 0.5) is 0 Å². The highest BCUT2D eigenvalue weighted by molar-refractivity contribution is 8.03. The van der Waals surface area contributed by atoms with Crippen molar-refractivity contribution in [2.45, 2.75) is 142 Å². The van der Waals surface area contributed by atoms with Gasteiger partial charge in [-0.3, -0.25) is 9.59 Å². The summed E-state index contributed by atoms with van der Waals surface area (Å²) in [7, 11) is -2.55. The molecule has 0 amide bonds. The molecule has 5 nitrogen and oxygen atoms in total. The van der Waals surface area contributed by atoms with Gasteiger partial charge in [0, 0.05) is 30.1 Å². The summed E-state index contributed by atoms with van der Waals surface area (Å²) in [5.74, 6) is 1.88.